The summed E-state index contributed by atoms with van der Waals surface area (Å²) in [6.07, 6.45) is 23.7. The number of rotatable bonds is 4. The van der Waals surface area contributed by atoms with Crippen LogP contribution in [0.2, 0.25) is 7.25 Å². The van der Waals surface area contributed by atoms with E-state index in [1.165, 1.54) is 70.6 Å². The summed E-state index contributed by atoms with van der Waals surface area (Å²) in [5.74, 6) is 0. The molecule has 2 aromatic carbocycles. The van der Waals surface area contributed by atoms with Gasteiger partial charge in [0.25, 0.3) is 0 Å². The Balaban J connectivity index is 0.00000130. The molecular formula is C30H38Cl2Zr. The number of halogens is 2. The smallest absolute Gasteiger partial charge is 0.147 e. The topological polar surface area (TPSA) is 0 Å². The molecule has 0 saturated heterocycles. The van der Waals surface area contributed by atoms with Crippen molar-refractivity contribution in [3.05, 3.63) is 81.2 Å². The van der Waals surface area contributed by atoms with Crippen LogP contribution in [-0.2, 0) is 20.3 Å². The van der Waals surface area contributed by atoms with Gasteiger partial charge in [-0.3, -0.25) is 0 Å². The van der Waals surface area contributed by atoms with E-state index >= 15 is 0 Å². The predicted molar refractivity (Wildman–Crippen MR) is 144 cm³/mol. The molecule has 2 aromatic rings. The maximum Gasteiger partial charge on any atom is -0.147 e. The molecular weight excluding hydrogens is 522 g/mol. The van der Waals surface area contributed by atoms with Crippen molar-refractivity contribution < 1.29 is 20.3 Å². The average Bonchev–Trinajstić information content (AvgIpc) is 3.49. The van der Waals surface area contributed by atoms with E-state index in [2.05, 4.69) is 66.8 Å². The molecule has 0 heterocycles. The van der Waals surface area contributed by atoms with E-state index in [1.807, 2.05) is 3.28 Å². The van der Waals surface area contributed by atoms with Crippen LogP contribution >= 0.6 is 24.8 Å². The molecule has 0 amide bonds. The zero-order chi connectivity index (χ0) is 20.7. The van der Waals surface area contributed by atoms with E-state index in [4.69, 9.17) is 0 Å². The largest absolute Gasteiger partial charge is 0.147 e. The standard InChI is InChI=1S/C13H9.2C6H11.C5H5.2ClH.Zr/c1-3-7-12-10(5-1)9-11-6-2-4-8-13(11)12;2*1-2-4-6-5-3-1;1-2-4-5-3-1;;;/h1-9H;2*1H,2-6H2;1-3H,4H2;2*1H;. The molecule has 0 unspecified atom stereocenters. The Morgan fingerprint density at radius 3 is 1.55 bits per heavy atom. The normalized spacial score (nSPS) is 21.0. The van der Waals surface area contributed by atoms with Gasteiger partial charge >= 0.3 is 194 Å². The fourth-order valence-electron chi connectivity index (χ4n) is 8.11. The third-order valence-electron chi connectivity index (χ3n) is 9.20. The summed E-state index contributed by atoms with van der Waals surface area (Å²) >= 11 is -2.92. The zero-order valence-electron chi connectivity index (χ0n) is 19.7. The fraction of sp³-hybridized carbons (Fsp3) is 0.467. The summed E-state index contributed by atoms with van der Waals surface area (Å²) < 4.78 is 4.77. The summed E-state index contributed by atoms with van der Waals surface area (Å²) in [5.41, 5.74) is 6.54. The first-order chi connectivity index (χ1) is 15.4. The third kappa shape index (κ3) is 4.19. The van der Waals surface area contributed by atoms with Gasteiger partial charge in [0.1, 0.15) is 0 Å². The van der Waals surface area contributed by atoms with E-state index in [-0.39, 0.29) is 24.8 Å². The minimum atomic E-state index is -2.92. The fourth-order valence-corrected chi connectivity index (χ4v) is 28.1. The van der Waals surface area contributed by atoms with Crippen molar-refractivity contribution in [1.29, 1.82) is 0 Å². The van der Waals surface area contributed by atoms with Crippen molar-refractivity contribution in [2.24, 2.45) is 0 Å². The Bertz CT molecular complexity index is 948. The van der Waals surface area contributed by atoms with Gasteiger partial charge in [0.15, 0.2) is 0 Å². The van der Waals surface area contributed by atoms with Gasteiger partial charge in [-0.15, -0.1) is 24.8 Å². The third-order valence-corrected chi connectivity index (χ3v) is 26.2. The van der Waals surface area contributed by atoms with E-state index in [0.29, 0.717) is 0 Å². The molecule has 0 spiro atoms. The quantitative estimate of drug-likeness (QED) is 0.349. The van der Waals surface area contributed by atoms with Crippen LogP contribution in [0.1, 0.15) is 85.4 Å². The van der Waals surface area contributed by atoms with Crippen LogP contribution in [0.4, 0.5) is 0 Å². The van der Waals surface area contributed by atoms with Crippen molar-refractivity contribution in [3.63, 3.8) is 0 Å². The minimum Gasteiger partial charge on any atom is -0.147 e. The SMILES string of the molecule is C1=CC[C]([Zr]([CH]2CCCCC2)([CH]2CCCCC2)[CH]2c3ccccc3-c3ccccc32)=C1.Cl.Cl. The van der Waals surface area contributed by atoms with E-state index in [1.54, 1.807) is 22.3 Å². The first kappa shape index (κ1) is 25.5. The molecule has 6 rings (SSSR count). The Morgan fingerprint density at radius 2 is 1.09 bits per heavy atom. The maximum atomic E-state index is 2.64. The molecule has 0 atom stereocenters. The molecule has 3 heteroatoms. The first-order valence-electron chi connectivity index (χ1n) is 12.9. The van der Waals surface area contributed by atoms with Crippen LogP contribution in [0.15, 0.2) is 70.0 Å². The van der Waals surface area contributed by atoms with E-state index in [0.717, 1.165) is 10.9 Å². The monoisotopic (exact) mass is 558 g/mol. The molecule has 0 bridgehead atoms. The second-order valence-corrected chi connectivity index (χ2v) is 22.1. The molecule has 176 valence electrons. The van der Waals surface area contributed by atoms with Crippen molar-refractivity contribution in [2.75, 3.05) is 0 Å². The minimum absolute atomic E-state index is 0. The van der Waals surface area contributed by atoms with Gasteiger partial charge in [-0.2, -0.15) is 0 Å². The summed E-state index contributed by atoms with van der Waals surface area (Å²) in [5, 5.41) is 0. The molecule has 4 aliphatic rings. The van der Waals surface area contributed by atoms with Crippen LogP contribution < -0.4 is 0 Å². The van der Waals surface area contributed by atoms with E-state index < -0.39 is 20.3 Å². The summed E-state index contributed by atoms with van der Waals surface area (Å²) in [6, 6.07) is 19.1. The molecule has 2 saturated carbocycles. The molecule has 2 fully saturated rings. The average molecular weight is 561 g/mol. The van der Waals surface area contributed by atoms with Crippen molar-refractivity contribution in [2.45, 2.75) is 81.5 Å². The van der Waals surface area contributed by atoms with Crippen LogP contribution in [0.25, 0.3) is 11.1 Å². The van der Waals surface area contributed by atoms with Gasteiger partial charge < -0.3 is 0 Å². The van der Waals surface area contributed by atoms with Crippen LogP contribution in [0.5, 0.6) is 0 Å². The van der Waals surface area contributed by atoms with Gasteiger partial charge in [0, 0.05) is 0 Å². The molecule has 0 nitrogen and oxygen atoms in total. The maximum absolute atomic E-state index is 2.92. The zero-order valence-corrected chi connectivity index (χ0v) is 23.8. The van der Waals surface area contributed by atoms with Gasteiger partial charge in [-0.25, -0.2) is 0 Å². The molecule has 0 radical (unpaired) electrons. The number of allylic oxidation sites excluding steroid dienone is 4. The molecule has 33 heavy (non-hydrogen) atoms. The number of hydrogen-bond donors (Lipinski definition) is 0. The van der Waals surface area contributed by atoms with Gasteiger partial charge in [0.05, 0.1) is 0 Å². The molecule has 0 aromatic heterocycles. The molecule has 0 aliphatic heterocycles. The number of benzene rings is 2. The van der Waals surface area contributed by atoms with Gasteiger partial charge in [-0.05, 0) is 0 Å². The van der Waals surface area contributed by atoms with Crippen LogP contribution in [0, 0.1) is 0 Å². The summed E-state index contributed by atoms with van der Waals surface area (Å²) in [6.45, 7) is 0. The second-order valence-electron chi connectivity index (χ2n) is 10.5. The van der Waals surface area contributed by atoms with E-state index in [9.17, 15) is 0 Å². The summed E-state index contributed by atoms with van der Waals surface area (Å²) in [7, 11) is 0. The summed E-state index contributed by atoms with van der Waals surface area (Å²) in [4.78, 5) is 0. The molecule has 4 aliphatic carbocycles. The van der Waals surface area contributed by atoms with Crippen molar-refractivity contribution in [3.8, 4) is 11.1 Å². The van der Waals surface area contributed by atoms with Crippen LogP contribution in [0.3, 0.4) is 0 Å². The predicted octanol–water partition coefficient (Wildman–Crippen LogP) is 10.1. The van der Waals surface area contributed by atoms with Gasteiger partial charge in [0.2, 0.25) is 0 Å². The van der Waals surface area contributed by atoms with Crippen molar-refractivity contribution >= 4 is 24.8 Å². The van der Waals surface area contributed by atoms with Crippen molar-refractivity contribution in [1.82, 2.24) is 0 Å². The Kier molecular flexibility index (Phi) is 8.47. The Morgan fingerprint density at radius 1 is 0.606 bits per heavy atom. The Labute approximate surface area is 217 Å². The Hall–Kier alpha value is -0.617. The van der Waals surface area contributed by atoms with Gasteiger partial charge in [-0.1, -0.05) is 0 Å². The molecule has 0 N–H and O–H groups in total. The second kappa shape index (κ2) is 11.0. The van der Waals surface area contributed by atoms with Crippen LogP contribution in [-0.4, -0.2) is 0 Å². The number of hydrogen-bond acceptors (Lipinski definition) is 0. The number of fused-ring (bicyclic) bond motifs is 3. The first-order valence-corrected chi connectivity index (χ1v) is 18.4.